The minimum atomic E-state index is -3.75. The van der Waals surface area contributed by atoms with E-state index < -0.39 is 16.0 Å². The van der Waals surface area contributed by atoms with Crippen molar-refractivity contribution in [3.05, 3.63) is 36.7 Å². The van der Waals surface area contributed by atoms with Crippen LogP contribution in [0.3, 0.4) is 0 Å². The van der Waals surface area contributed by atoms with Gasteiger partial charge in [0.15, 0.2) is 0 Å². The van der Waals surface area contributed by atoms with E-state index in [-0.39, 0.29) is 16.6 Å². The molecule has 0 radical (unpaired) electrons. The van der Waals surface area contributed by atoms with Gasteiger partial charge in [-0.2, -0.15) is 0 Å². The van der Waals surface area contributed by atoms with E-state index in [1.54, 1.807) is 30.2 Å². The van der Waals surface area contributed by atoms with Gasteiger partial charge >= 0.3 is 5.97 Å². The molecule has 1 atom stereocenters. The van der Waals surface area contributed by atoms with Crippen LogP contribution in [-0.4, -0.2) is 40.1 Å². The number of carboxylic acid groups (broad SMARTS) is 1. The molecule has 0 aliphatic heterocycles. The van der Waals surface area contributed by atoms with E-state index in [1.165, 1.54) is 0 Å². The lowest BCUT2D eigenvalue weighted by atomic mass is 10.4. The molecule has 2 heterocycles. The molecule has 0 spiro atoms. The lowest BCUT2D eigenvalue weighted by Crippen LogP contribution is -2.35. The number of hydrogen-bond donors (Lipinski definition) is 3. The number of rotatable bonds is 6. The lowest BCUT2D eigenvalue weighted by molar-refractivity contribution is 0.0691. The summed E-state index contributed by atoms with van der Waals surface area (Å²) in [6, 6.07) is 0.714. The minimum absolute atomic E-state index is 0.104. The monoisotopic (exact) mass is 298 g/mol. The molecule has 1 unspecified atom stereocenters. The normalized spacial score (nSPS) is 13.2. The van der Waals surface area contributed by atoms with Crippen molar-refractivity contribution in [1.29, 1.82) is 0 Å². The molecule has 2 aromatic heterocycles. The van der Waals surface area contributed by atoms with Gasteiger partial charge in [-0.25, -0.2) is 22.9 Å². The number of aromatic nitrogens is 3. The van der Waals surface area contributed by atoms with E-state index in [0.29, 0.717) is 6.54 Å². The number of carbonyl (C=O) groups is 1. The zero-order valence-corrected chi connectivity index (χ0v) is 11.5. The zero-order chi connectivity index (χ0) is 14.8. The number of aromatic amines is 1. The van der Waals surface area contributed by atoms with E-state index in [4.69, 9.17) is 5.11 Å². The summed E-state index contributed by atoms with van der Waals surface area (Å²) in [6.07, 6.45) is 6.06. The third-order valence-corrected chi connectivity index (χ3v) is 4.17. The van der Waals surface area contributed by atoms with Crippen LogP contribution in [0.4, 0.5) is 0 Å². The second kappa shape index (κ2) is 5.47. The Kier molecular flexibility index (Phi) is 3.91. The van der Waals surface area contributed by atoms with Crippen LogP contribution in [0.1, 0.15) is 17.4 Å². The Morgan fingerprint density at radius 2 is 2.35 bits per heavy atom. The predicted octanol–water partition coefficient (Wildman–Crippen LogP) is 0.276. The molecule has 0 aromatic carbocycles. The van der Waals surface area contributed by atoms with Crippen molar-refractivity contribution in [2.45, 2.75) is 24.4 Å². The fourth-order valence-corrected chi connectivity index (χ4v) is 2.96. The average molecular weight is 298 g/mol. The molecule has 9 heteroatoms. The smallest absolute Gasteiger partial charge is 0.352 e. The summed E-state index contributed by atoms with van der Waals surface area (Å²) in [4.78, 5) is 16.9. The molecule has 8 nitrogen and oxygen atoms in total. The molecule has 0 aliphatic rings. The van der Waals surface area contributed by atoms with E-state index in [1.807, 2.05) is 0 Å². The highest BCUT2D eigenvalue weighted by Gasteiger charge is 2.20. The molecule has 0 bridgehead atoms. The highest BCUT2D eigenvalue weighted by molar-refractivity contribution is 7.89. The Morgan fingerprint density at radius 3 is 2.90 bits per heavy atom. The molecular weight excluding hydrogens is 284 g/mol. The van der Waals surface area contributed by atoms with E-state index >= 15 is 0 Å². The van der Waals surface area contributed by atoms with Gasteiger partial charge in [0, 0.05) is 31.2 Å². The fraction of sp³-hybridized carbons (Fsp3) is 0.273. The van der Waals surface area contributed by atoms with Gasteiger partial charge in [0.1, 0.15) is 10.6 Å². The molecule has 2 aromatic rings. The molecule has 2 rings (SSSR count). The van der Waals surface area contributed by atoms with Crippen LogP contribution in [0, 0.1) is 0 Å². The molecule has 108 valence electrons. The average Bonchev–Trinajstić information content (AvgIpc) is 2.97. The van der Waals surface area contributed by atoms with Crippen LogP contribution in [0.2, 0.25) is 0 Å². The minimum Gasteiger partial charge on any atom is -0.477 e. The van der Waals surface area contributed by atoms with Crippen molar-refractivity contribution >= 4 is 16.0 Å². The van der Waals surface area contributed by atoms with E-state index in [2.05, 4.69) is 14.7 Å². The summed E-state index contributed by atoms with van der Waals surface area (Å²) in [5.74, 6) is -1.21. The topological polar surface area (TPSA) is 117 Å². The van der Waals surface area contributed by atoms with Crippen molar-refractivity contribution in [2.75, 3.05) is 0 Å². The van der Waals surface area contributed by atoms with E-state index in [9.17, 15) is 13.2 Å². The Labute approximate surface area is 115 Å². The summed E-state index contributed by atoms with van der Waals surface area (Å²) >= 11 is 0. The summed E-state index contributed by atoms with van der Waals surface area (Å²) in [5.41, 5.74) is -0.173. The highest BCUT2D eigenvalue weighted by Crippen LogP contribution is 2.11. The van der Waals surface area contributed by atoms with Crippen LogP contribution < -0.4 is 4.72 Å². The van der Waals surface area contributed by atoms with Crippen LogP contribution in [0.5, 0.6) is 0 Å². The van der Waals surface area contributed by atoms with Crippen LogP contribution >= 0.6 is 0 Å². The molecule has 20 heavy (non-hydrogen) atoms. The van der Waals surface area contributed by atoms with Crippen molar-refractivity contribution < 1.29 is 18.3 Å². The maximum Gasteiger partial charge on any atom is 0.352 e. The number of nitrogens with one attached hydrogen (secondary N) is 2. The van der Waals surface area contributed by atoms with Crippen LogP contribution in [0.25, 0.3) is 0 Å². The first-order chi connectivity index (χ1) is 9.38. The summed E-state index contributed by atoms with van der Waals surface area (Å²) in [7, 11) is -3.75. The third-order valence-electron chi connectivity index (χ3n) is 2.60. The quantitative estimate of drug-likeness (QED) is 0.708. The molecule has 0 saturated heterocycles. The lowest BCUT2D eigenvalue weighted by Gasteiger charge is -2.13. The van der Waals surface area contributed by atoms with Crippen molar-refractivity contribution in [3.8, 4) is 0 Å². The van der Waals surface area contributed by atoms with Crippen molar-refractivity contribution in [3.63, 3.8) is 0 Å². The number of imidazole rings is 1. The fourth-order valence-electron chi connectivity index (χ4n) is 1.73. The van der Waals surface area contributed by atoms with Gasteiger partial charge in [-0.3, -0.25) is 0 Å². The number of sulfonamides is 1. The molecule has 0 amide bonds. The summed E-state index contributed by atoms with van der Waals surface area (Å²) < 4.78 is 28.3. The highest BCUT2D eigenvalue weighted by atomic mass is 32.2. The maximum atomic E-state index is 12.1. The molecular formula is C11H14N4O4S. The maximum absolute atomic E-state index is 12.1. The molecule has 0 fully saturated rings. The second-order valence-electron chi connectivity index (χ2n) is 4.34. The first kappa shape index (κ1) is 14.3. The number of nitrogens with zero attached hydrogens (tertiary/aromatic N) is 2. The Balaban J connectivity index is 2.08. The third kappa shape index (κ3) is 3.25. The Bertz CT molecular complexity index is 690. The van der Waals surface area contributed by atoms with Gasteiger partial charge in [0.2, 0.25) is 10.0 Å². The predicted molar refractivity (Wildman–Crippen MR) is 69.8 cm³/mol. The van der Waals surface area contributed by atoms with Gasteiger partial charge in [-0.05, 0) is 13.0 Å². The summed E-state index contributed by atoms with van der Waals surface area (Å²) in [5, 5.41) is 8.76. The molecule has 0 aliphatic carbocycles. The zero-order valence-electron chi connectivity index (χ0n) is 10.6. The van der Waals surface area contributed by atoms with Gasteiger partial charge in [0.25, 0.3) is 0 Å². The van der Waals surface area contributed by atoms with Crippen molar-refractivity contribution in [1.82, 2.24) is 19.3 Å². The SMILES string of the molecule is CC(Cn1ccnc1)NS(=O)(=O)c1c[nH]c(C(=O)O)c1. The van der Waals surface area contributed by atoms with Crippen LogP contribution in [0.15, 0.2) is 35.9 Å². The number of hydrogen-bond acceptors (Lipinski definition) is 4. The van der Waals surface area contributed by atoms with E-state index in [0.717, 1.165) is 12.3 Å². The molecule has 3 N–H and O–H groups in total. The van der Waals surface area contributed by atoms with Crippen LogP contribution in [-0.2, 0) is 16.6 Å². The van der Waals surface area contributed by atoms with Gasteiger partial charge in [0.05, 0.1) is 6.33 Å². The Hall–Kier alpha value is -2.13. The first-order valence-corrected chi connectivity index (χ1v) is 7.26. The van der Waals surface area contributed by atoms with Gasteiger partial charge < -0.3 is 14.7 Å². The second-order valence-corrected chi connectivity index (χ2v) is 6.05. The van der Waals surface area contributed by atoms with Gasteiger partial charge in [-0.15, -0.1) is 0 Å². The first-order valence-electron chi connectivity index (χ1n) is 5.78. The number of H-pyrrole nitrogens is 1. The summed E-state index contributed by atoms with van der Waals surface area (Å²) in [6.45, 7) is 2.14. The van der Waals surface area contributed by atoms with Crippen molar-refractivity contribution in [2.24, 2.45) is 0 Å². The van der Waals surface area contributed by atoms with Gasteiger partial charge in [-0.1, -0.05) is 0 Å². The molecule has 0 saturated carbocycles. The Morgan fingerprint density at radius 1 is 1.60 bits per heavy atom. The largest absolute Gasteiger partial charge is 0.477 e. The standard InChI is InChI=1S/C11H14N4O4S/c1-8(6-15-3-2-12-7-15)14-20(18,19)9-4-10(11(16)17)13-5-9/h2-5,7-8,13-14H,6H2,1H3,(H,16,17). The number of aromatic carboxylic acids is 1. The number of carboxylic acids is 1.